The maximum Gasteiger partial charge on any atom is 0.261 e. The van der Waals surface area contributed by atoms with Gasteiger partial charge < -0.3 is 19.7 Å². The van der Waals surface area contributed by atoms with Crippen LogP contribution in [0, 0.1) is 0 Å². The van der Waals surface area contributed by atoms with E-state index in [-0.39, 0.29) is 18.6 Å². The van der Waals surface area contributed by atoms with Gasteiger partial charge in [0.25, 0.3) is 5.91 Å². The van der Waals surface area contributed by atoms with Gasteiger partial charge in [0, 0.05) is 25.2 Å². The number of rotatable bonds is 5. The van der Waals surface area contributed by atoms with Gasteiger partial charge in [-0.15, -0.1) is 0 Å². The van der Waals surface area contributed by atoms with Crippen LogP contribution in [0.3, 0.4) is 0 Å². The molecule has 7 heteroatoms. The molecule has 1 atom stereocenters. The van der Waals surface area contributed by atoms with Crippen LogP contribution in [-0.2, 0) is 4.79 Å². The van der Waals surface area contributed by atoms with Gasteiger partial charge in [-0.25, -0.2) is 0 Å². The van der Waals surface area contributed by atoms with Crippen LogP contribution in [0.4, 0.5) is 0 Å². The number of nitrogens with zero attached hydrogens (tertiary/aromatic N) is 1. The Bertz CT molecular complexity index is 765. The predicted octanol–water partition coefficient (Wildman–Crippen LogP) is 3.55. The summed E-state index contributed by atoms with van der Waals surface area (Å²) in [5.41, 5.74) is 0.964. The average Bonchev–Trinajstić information content (AvgIpc) is 2.67. The fourth-order valence-corrected chi connectivity index (χ4v) is 3.57. The molecule has 0 aromatic heterocycles. The van der Waals surface area contributed by atoms with Crippen LogP contribution < -0.4 is 14.8 Å². The molecule has 1 amide bonds. The number of carbonyl (C=O) groups excluding carboxylic acids is 1. The number of nitrogens with one attached hydrogen (secondary N) is 1. The molecule has 1 unspecified atom stereocenters. The average molecular weight is 395 g/mol. The highest BCUT2D eigenvalue weighted by Crippen LogP contribution is 2.33. The van der Waals surface area contributed by atoms with Gasteiger partial charge in [-0.1, -0.05) is 47.5 Å². The van der Waals surface area contributed by atoms with Crippen molar-refractivity contribution in [2.45, 2.75) is 6.04 Å². The van der Waals surface area contributed by atoms with Gasteiger partial charge in [0.15, 0.2) is 12.4 Å². The molecule has 0 spiro atoms. The molecule has 138 valence electrons. The van der Waals surface area contributed by atoms with Gasteiger partial charge in [-0.3, -0.25) is 4.79 Å². The Kier molecular flexibility index (Phi) is 6.25. The summed E-state index contributed by atoms with van der Waals surface area (Å²) in [5, 5.41) is 4.09. The first-order valence-electron chi connectivity index (χ1n) is 8.31. The zero-order chi connectivity index (χ0) is 18.5. The largest absolute Gasteiger partial charge is 0.496 e. The first kappa shape index (κ1) is 18.8. The maximum atomic E-state index is 12.8. The van der Waals surface area contributed by atoms with E-state index in [2.05, 4.69) is 5.32 Å². The molecule has 0 bridgehead atoms. The molecule has 3 rings (SSSR count). The quantitative estimate of drug-likeness (QED) is 0.842. The second kappa shape index (κ2) is 8.62. The standard InChI is InChI=1S/C19H20Cl2N2O3/c1-25-17-8-3-2-5-13(17)16-11-22-9-10-23(16)18(24)12-26-19-14(20)6-4-7-15(19)21/h2-8,16,22H,9-12H2,1H3. The fourth-order valence-electron chi connectivity index (χ4n) is 3.06. The SMILES string of the molecule is COc1ccccc1C1CNCCN1C(=O)COc1c(Cl)cccc1Cl. The van der Waals surface area contributed by atoms with Crippen molar-refractivity contribution in [2.24, 2.45) is 0 Å². The lowest BCUT2D eigenvalue weighted by Gasteiger charge is -2.37. The number of carbonyl (C=O) groups is 1. The molecule has 1 aliphatic rings. The van der Waals surface area contributed by atoms with Crippen molar-refractivity contribution in [3.63, 3.8) is 0 Å². The van der Waals surface area contributed by atoms with E-state index >= 15 is 0 Å². The summed E-state index contributed by atoms with van der Waals surface area (Å²) >= 11 is 12.2. The smallest absolute Gasteiger partial charge is 0.261 e. The highest BCUT2D eigenvalue weighted by atomic mass is 35.5. The van der Waals surface area contributed by atoms with Gasteiger partial charge >= 0.3 is 0 Å². The summed E-state index contributed by atoms with van der Waals surface area (Å²) < 4.78 is 11.1. The van der Waals surface area contributed by atoms with Gasteiger partial charge in [0.2, 0.25) is 0 Å². The van der Waals surface area contributed by atoms with Crippen LogP contribution in [0.5, 0.6) is 11.5 Å². The Morgan fingerprint density at radius 2 is 1.92 bits per heavy atom. The second-order valence-electron chi connectivity index (χ2n) is 5.89. The summed E-state index contributed by atoms with van der Waals surface area (Å²) in [7, 11) is 1.63. The number of methoxy groups -OCH3 is 1. The molecule has 0 radical (unpaired) electrons. The zero-order valence-electron chi connectivity index (χ0n) is 14.4. The van der Waals surface area contributed by atoms with E-state index in [1.807, 2.05) is 24.3 Å². The number of halogens is 2. The summed E-state index contributed by atoms with van der Waals surface area (Å²) in [6, 6.07) is 12.7. The second-order valence-corrected chi connectivity index (χ2v) is 6.70. The normalized spacial score (nSPS) is 17.0. The van der Waals surface area contributed by atoms with Crippen LogP contribution in [-0.4, -0.2) is 44.2 Å². The molecule has 1 N–H and O–H groups in total. The fraction of sp³-hybridized carbons (Fsp3) is 0.316. The van der Waals surface area contributed by atoms with Crippen molar-refractivity contribution in [2.75, 3.05) is 33.4 Å². The van der Waals surface area contributed by atoms with Crippen LogP contribution >= 0.6 is 23.2 Å². The van der Waals surface area contributed by atoms with E-state index in [4.69, 9.17) is 32.7 Å². The van der Waals surface area contributed by atoms with E-state index in [0.717, 1.165) is 17.9 Å². The molecule has 0 saturated carbocycles. The number of hydrogen-bond donors (Lipinski definition) is 1. The first-order valence-corrected chi connectivity index (χ1v) is 9.07. The third-order valence-corrected chi connectivity index (χ3v) is 4.92. The number of piperazine rings is 1. The van der Waals surface area contributed by atoms with Gasteiger partial charge in [-0.05, 0) is 18.2 Å². The Hall–Kier alpha value is -1.95. The van der Waals surface area contributed by atoms with Crippen LogP contribution in [0.2, 0.25) is 10.0 Å². The molecule has 2 aromatic carbocycles. The lowest BCUT2D eigenvalue weighted by molar-refractivity contribution is -0.136. The molecular weight excluding hydrogens is 375 g/mol. The lowest BCUT2D eigenvalue weighted by atomic mass is 10.0. The van der Waals surface area contributed by atoms with Gasteiger partial charge in [0.1, 0.15) is 5.75 Å². The van der Waals surface area contributed by atoms with E-state index < -0.39 is 0 Å². The first-order chi connectivity index (χ1) is 12.6. The Balaban J connectivity index is 1.76. The molecule has 1 aliphatic heterocycles. The third-order valence-electron chi connectivity index (χ3n) is 4.32. The molecular formula is C19H20Cl2N2O3. The van der Waals surface area contributed by atoms with E-state index in [9.17, 15) is 4.79 Å². The summed E-state index contributed by atoms with van der Waals surface area (Å²) in [5.74, 6) is 0.959. The highest BCUT2D eigenvalue weighted by Gasteiger charge is 2.30. The van der Waals surface area contributed by atoms with Crippen LogP contribution in [0.25, 0.3) is 0 Å². The van der Waals surface area contributed by atoms with Gasteiger partial charge in [0.05, 0.1) is 23.2 Å². The maximum absolute atomic E-state index is 12.8. The van der Waals surface area contributed by atoms with Crippen molar-refractivity contribution in [1.82, 2.24) is 10.2 Å². The van der Waals surface area contributed by atoms with E-state index in [1.54, 1.807) is 30.2 Å². The number of para-hydroxylation sites is 2. The molecule has 1 heterocycles. The van der Waals surface area contributed by atoms with Gasteiger partial charge in [-0.2, -0.15) is 0 Å². The summed E-state index contributed by atoms with van der Waals surface area (Å²) in [6.45, 7) is 1.83. The number of amides is 1. The molecule has 0 aliphatic carbocycles. The topological polar surface area (TPSA) is 50.8 Å². The third kappa shape index (κ3) is 4.06. The van der Waals surface area contributed by atoms with Crippen LogP contribution in [0.1, 0.15) is 11.6 Å². The minimum atomic E-state index is -0.130. The highest BCUT2D eigenvalue weighted by molar-refractivity contribution is 6.37. The Labute approximate surface area is 162 Å². The Morgan fingerprint density at radius 1 is 1.19 bits per heavy atom. The molecule has 26 heavy (non-hydrogen) atoms. The summed E-state index contributed by atoms with van der Waals surface area (Å²) in [6.07, 6.45) is 0. The molecule has 5 nitrogen and oxygen atoms in total. The molecule has 2 aromatic rings. The lowest BCUT2D eigenvalue weighted by Crippen LogP contribution is -2.50. The monoisotopic (exact) mass is 394 g/mol. The summed E-state index contributed by atoms with van der Waals surface area (Å²) in [4.78, 5) is 14.6. The minimum absolute atomic E-state index is 0.126. The Morgan fingerprint density at radius 3 is 2.65 bits per heavy atom. The van der Waals surface area contributed by atoms with Crippen LogP contribution in [0.15, 0.2) is 42.5 Å². The number of benzene rings is 2. The molecule has 1 fully saturated rings. The number of ether oxygens (including phenoxy) is 2. The predicted molar refractivity (Wildman–Crippen MR) is 102 cm³/mol. The van der Waals surface area contributed by atoms with Crippen molar-refractivity contribution < 1.29 is 14.3 Å². The minimum Gasteiger partial charge on any atom is -0.496 e. The van der Waals surface area contributed by atoms with Crippen molar-refractivity contribution >= 4 is 29.1 Å². The number of hydrogen-bond acceptors (Lipinski definition) is 4. The zero-order valence-corrected chi connectivity index (χ0v) is 15.9. The van der Waals surface area contributed by atoms with Crippen molar-refractivity contribution in [1.29, 1.82) is 0 Å². The van der Waals surface area contributed by atoms with Crippen molar-refractivity contribution in [3.8, 4) is 11.5 Å². The van der Waals surface area contributed by atoms with E-state index in [0.29, 0.717) is 28.9 Å². The van der Waals surface area contributed by atoms with E-state index in [1.165, 1.54) is 0 Å². The van der Waals surface area contributed by atoms with Crippen molar-refractivity contribution in [3.05, 3.63) is 58.1 Å². The molecule has 1 saturated heterocycles.